The van der Waals surface area contributed by atoms with Gasteiger partial charge in [-0.15, -0.1) is 0 Å². The van der Waals surface area contributed by atoms with Crippen molar-refractivity contribution in [1.29, 1.82) is 0 Å². The summed E-state index contributed by atoms with van der Waals surface area (Å²) in [6.45, 7) is 0. The molecule has 1 saturated carbocycles. The molecule has 1 fully saturated rings. The molecule has 0 radical (unpaired) electrons. The first-order valence-corrected chi connectivity index (χ1v) is 7.69. The molecule has 1 aliphatic rings. The maximum absolute atomic E-state index is 14.1. The second-order valence-corrected chi connectivity index (χ2v) is 6.13. The van der Waals surface area contributed by atoms with Gasteiger partial charge in [-0.05, 0) is 40.8 Å². The Hall–Kier alpha value is -0.410. The van der Waals surface area contributed by atoms with Crippen LogP contribution in [0.2, 0.25) is 0 Å². The Balaban J connectivity index is 2.13. The molecule has 1 nitrogen and oxygen atoms in total. The summed E-state index contributed by atoms with van der Waals surface area (Å²) in [5, 5.41) is 0. The molecular formula is C15H21BrFN. The lowest BCUT2D eigenvalue weighted by Crippen LogP contribution is -2.23. The van der Waals surface area contributed by atoms with Gasteiger partial charge in [-0.3, -0.25) is 0 Å². The van der Waals surface area contributed by atoms with Gasteiger partial charge >= 0.3 is 0 Å². The lowest BCUT2D eigenvalue weighted by atomic mass is 9.83. The maximum Gasteiger partial charge on any atom is 0.142 e. The largest absolute Gasteiger partial charge is 0.324 e. The molecule has 0 spiro atoms. The quantitative estimate of drug-likeness (QED) is 0.821. The third-order valence-corrected chi connectivity index (χ3v) is 4.61. The van der Waals surface area contributed by atoms with Crippen LogP contribution in [0.1, 0.15) is 56.6 Å². The summed E-state index contributed by atoms with van der Waals surface area (Å²) < 4.78 is 14.6. The van der Waals surface area contributed by atoms with E-state index in [4.69, 9.17) is 5.73 Å². The second-order valence-electron chi connectivity index (χ2n) is 5.27. The van der Waals surface area contributed by atoms with E-state index in [1.807, 2.05) is 12.1 Å². The predicted octanol–water partition coefficient (Wildman–Crippen LogP) is 4.95. The highest BCUT2D eigenvalue weighted by Gasteiger charge is 2.23. The zero-order chi connectivity index (χ0) is 13.0. The lowest BCUT2D eigenvalue weighted by Gasteiger charge is -2.26. The molecule has 2 rings (SSSR count). The fourth-order valence-electron chi connectivity index (χ4n) is 2.88. The first-order chi connectivity index (χ1) is 8.70. The van der Waals surface area contributed by atoms with E-state index in [2.05, 4.69) is 15.9 Å². The molecule has 0 amide bonds. The molecule has 1 aromatic rings. The van der Waals surface area contributed by atoms with Crippen molar-refractivity contribution in [2.24, 2.45) is 11.7 Å². The van der Waals surface area contributed by atoms with E-state index in [1.54, 1.807) is 6.07 Å². The summed E-state index contributed by atoms with van der Waals surface area (Å²) in [5.74, 6) is 0.237. The highest BCUT2D eigenvalue weighted by Crippen LogP contribution is 2.33. The van der Waals surface area contributed by atoms with Crippen LogP contribution in [0, 0.1) is 11.7 Å². The molecule has 3 heteroatoms. The van der Waals surface area contributed by atoms with Crippen molar-refractivity contribution in [2.75, 3.05) is 0 Å². The highest BCUT2D eigenvalue weighted by atomic mass is 79.9. The van der Waals surface area contributed by atoms with Crippen LogP contribution in [0.5, 0.6) is 0 Å². The Morgan fingerprint density at radius 1 is 1.11 bits per heavy atom. The molecule has 18 heavy (non-hydrogen) atoms. The van der Waals surface area contributed by atoms with Gasteiger partial charge in [0.15, 0.2) is 0 Å². The minimum absolute atomic E-state index is 0.166. The number of benzene rings is 1. The van der Waals surface area contributed by atoms with Gasteiger partial charge in [0.1, 0.15) is 5.82 Å². The van der Waals surface area contributed by atoms with Gasteiger partial charge in [0.05, 0.1) is 4.47 Å². The molecule has 2 N–H and O–H groups in total. The van der Waals surface area contributed by atoms with Crippen molar-refractivity contribution >= 4 is 15.9 Å². The zero-order valence-corrected chi connectivity index (χ0v) is 12.3. The molecule has 100 valence electrons. The van der Waals surface area contributed by atoms with Gasteiger partial charge in [-0.1, -0.05) is 44.2 Å². The zero-order valence-electron chi connectivity index (χ0n) is 10.7. The number of hydrogen-bond donors (Lipinski definition) is 1. The first-order valence-electron chi connectivity index (χ1n) is 6.89. The second kappa shape index (κ2) is 6.67. The molecule has 0 aromatic heterocycles. The van der Waals surface area contributed by atoms with Crippen LogP contribution >= 0.6 is 15.9 Å². The number of rotatable bonds is 2. The summed E-state index contributed by atoms with van der Waals surface area (Å²) in [6.07, 6.45) is 8.66. The smallest absolute Gasteiger partial charge is 0.142 e. The summed E-state index contributed by atoms with van der Waals surface area (Å²) >= 11 is 3.24. The Labute approximate surface area is 117 Å². The van der Waals surface area contributed by atoms with E-state index >= 15 is 0 Å². The molecule has 0 aliphatic heterocycles. The minimum atomic E-state index is -0.188. The van der Waals surface area contributed by atoms with Gasteiger partial charge in [-0.25, -0.2) is 4.39 Å². The number of nitrogens with two attached hydrogens (primary N) is 1. The molecule has 1 atom stereocenters. The third kappa shape index (κ3) is 3.33. The summed E-state index contributed by atoms with van der Waals surface area (Å²) in [6, 6.07) is 5.25. The van der Waals surface area contributed by atoms with Gasteiger partial charge < -0.3 is 5.73 Å². The molecular weight excluding hydrogens is 293 g/mol. The topological polar surface area (TPSA) is 26.0 Å². The van der Waals surface area contributed by atoms with Crippen LogP contribution in [0.4, 0.5) is 4.39 Å². The molecule has 1 unspecified atom stereocenters. The fraction of sp³-hybridized carbons (Fsp3) is 0.600. The van der Waals surface area contributed by atoms with Crippen LogP contribution < -0.4 is 5.73 Å². The maximum atomic E-state index is 14.1. The normalized spacial score (nSPS) is 20.2. The van der Waals surface area contributed by atoms with E-state index < -0.39 is 0 Å². The summed E-state index contributed by atoms with van der Waals surface area (Å²) in [4.78, 5) is 0. The fourth-order valence-corrected chi connectivity index (χ4v) is 3.26. The van der Waals surface area contributed by atoms with Crippen molar-refractivity contribution in [3.05, 3.63) is 34.1 Å². The van der Waals surface area contributed by atoms with Crippen molar-refractivity contribution in [3.8, 4) is 0 Å². The van der Waals surface area contributed by atoms with Crippen molar-refractivity contribution in [1.82, 2.24) is 0 Å². The lowest BCUT2D eigenvalue weighted by molar-refractivity contribution is 0.322. The Morgan fingerprint density at radius 2 is 1.72 bits per heavy atom. The van der Waals surface area contributed by atoms with E-state index in [-0.39, 0.29) is 11.9 Å². The van der Waals surface area contributed by atoms with Crippen molar-refractivity contribution in [3.63, 3.8) is 0 Å². The van der Waals surface area contributed by atoms with Gasteiger partial charge in [0.25, 0.3) is 0 Å². The highest BCUT2D eigenvalue weighted by molar-refractivity contribution is 9.10. The van der Waals surface area contributed by atoms with E-state index in [1.165, 1.54) is 32.1 Å². The monoisotopic (exact) mass is 313 g/mol. The van der Waals surface area contributed by atoms with Gasteiger partial charge in [-0.2, -0.15) is 0 Å². The average molecular weight is 314 g/mol. The summed E-state index contributed by atoms with van der Waals surface area (Å²) in [5.41, 5.74) is 6.96. The van der Waals surface area contributed by atoms with E-state index in [9.17, 15) is 4.39 Å². The first kappa shape index (κ1) is 14.0. The van der Waals surface area contributed by atoms with Gasteiger partial charge in [0.2, 0.25) is 0 Å². The van der Waals surface area contributed by atoms with E-state index in [0.29, 0.717) is 16.0 Å². The van der Waals surface area contributed by atoms with Crippen LogP contribution in [0.15, 0.2) is 22.7 Å². The molecule has 0 heterocycles. The van der Waals surface area contributed by atoms with Crippen LogP contribution in [0.3, 0.4) is 0 Å². The van der Waals surface area contributed by atoms with Crippen molar-refractivity contribution < 1.29 is 4.39 Å². The van der Waals surface area contributed by atoms with Crippen LogP contribution in [-0.2, 0) is 0 Å². The number of hydrogen-bond acceptors (Lipinski definition) is 1. The Kier molecular flexibility index (Phi) is 5.19. The van der Waals surface area contributed by atoms with Crippen LogP contribution in [0.25, 0.3) is 0 Å². The predicted molar refractivity (Wildman–Crippen MR) is 76.8 cm³/mol. The van der Waals surface area contributed by atoms with Gasteiger partial charge in [0, 0.05) is 11.6 Å². The van der Waals surface area contributed by atoms with Crippen LogP contribution in [-0.4, -0.2) is 0 Å². The summed E-state index contributed by atoms with van der Waals surface area (Å²) in [7, 11) is 0. The Bertz CT molecular complexity index is 386. The Morgan fingerprint density at radius 3 is 2.39 bits per heavy atom. The third-order valence-electron chi connectivity index (χ3n) is 4.00. The number of halogens is 2. The average Bonchev–Trinajstić information content (AvgIpc) is 2.31. The molecule has 1 aromatic carbocycles. The van der Waals surface area contributed by atoms with Crippen molar-refractivity contribution in [2.45, 2.75) is 51.0 Å². The molecule has 0 saturated heterocycles. The molecule has 0 bridgehead atoms. The minimum Gasteiger partial charge on any atom is -0.324 e. The SMILES string of the molecule is NC(c1cccc(Br)c1F)C1CCCCCCC1. The molecule has 1 aliphatic carbocycles. The standard InChI is InChI=1S/C15H21BrFN/c16-13-10-6-9-12(14(13)17)15(18)11-7-4-2-1-3-5-8-11/h6,9-11,15H,1-5,7-8,18H2. The van der Waals surface area contributed by atoms with E-state index in [0.717, 1.165) is 12.8 Å².